The van der Waals surface area contributed by atoms with E-state index >= 15 is 0 Å². The molecule has 0 aromatic heterocycles. The number of fused-ring (bicyclic) bond motifs is 1. The molecule has 0 spiro atoms. The fourth-order valence-electron chi connectivity index (χ4n) is 2.72. The summed E-state index contributed by atoms with van der Waals surface area (Å²) in [7, 11) is -0.449. The van der Waals surface area contributed by atoms with Gasteiger partial charge >= 0.3 is 13.2 Å². The molecule has 0 radical (unpaired) electrons. The Kier molecular flexibility index (Phi) is 5.97. The largest absolute Gasteiger partial charge is 0.632 e. The van der Waals surface area contributed by atoms with Gasteiger partial charge in [-0.05, 0) is 35.1 Å². The minimum Gasteiger partial charge on any atom is -0.519 e. The van der Waals surface area contributed by atoms with Crippen molar-refractivity contribution in [1.29, 1.82) is 0 Å². The fraction of sp³-hybridized carbons (Fsp3) is 0.318. The van der Waals surface area contributed by atoms with E-state index in [2.05, 4.69) is 11.9 Å². The number of hydrogen-bond acceptors (Lipinski definition) is 4. The van der Waals surface area contributed by atoms with Crippen molar-refractivity contribution < 1.29 is 18.8 Å². The van der Waals surface area contributed by atoms with E-state index in [1.165, 1.54) is 0 Å². The molecule has 6 heteroatoms. The average Bonchev–Trinajstić information content (AvgIpc) is 3.09. The summed E-state index contributed by atoms with van der Waals surface area (Å²) >= 11 is 0. The molecular weight excluding hydrogens is 353 g/mol. The van der Waals surface area contributed by atoms with E-state index in [4.69, 9.17) is 14.0 Å². The second kappa shape index (κ2) is 8.42. The first-order chi connectivity index (χ1) is 13.3. The first-order valence-corrected chi connectivity index (χ1v) is 9.43. The highest BCUT2D eigenvalue weighted by molar-refractivity contribution is 6.63. The van der Waals surface area contributed by atoms with Gasteiger partial charge in [-0.2, -0.15) is 0 Å². The van der Waals surface area contributed by atoms with E-state index in [9.17, 15) is 4.79 Å². The standard InChI is InChI=1S/C22H26BNO4/c1-5-16-6-9-18(10-7-16)23-27-19-11-8-17(14-20(19)28-23)12-13-24-21(25)26-15-22(2,3)4/h5-11,14H,1,12-13,15H2,2-4H3,(H,24,25). The second-order valence-corrected chi connectivity index (χ2v) is 8.03. The van der Waals surface area contributed by atoms with Crippen molar-refractivity contribution in [3.05, 3.63) is 60.2 Å². The van der Waals surface area contributed by atoms with Gasteiger partial charge in [0, 0.05) is 12.0 Å². The van der Waals surface area contributed by atoms with Gasteiger partial charge in [0.05, 0.1) is 6.61 Å². The van der Waals surface area contributed by atoms with Gasteiger partial charge in [0.25, 0.3) is 0 Å². The Labute approximate surface area is 166 Å². The van der Waals surface area contributed by atoms with Crippen LogP contribution in [0.15, 0.2) is 49.0 Å². The third kappa shape index (κ3) is 5.32. The van der Waals surface area contributed by atoms with E-state index in [1.807, 2.05) is 63.2 Å². The summed E-state index contributed by atoms with van der Waals surface area (Å²) in [5.74, 6) is 1.43. The smallest absolute Gasteiger partial charge is 0.519 e. The maximum atomic E-state index is 11.7. The molecule has 146 valence electrons. The minimum absolute atomic E-state index is 0.0444. The lowest BCUT2D eigenvalue weighted by molar-refractivity contribution is 0.106. The molecule has 1 N–H and O–H groups in total. The summed E-state index contributed by atoms with van der Waals surface area (Å²) in [5.41, 5.74) is 3.01. The molecule has 0 fully saturated rings. The number of hydrogen-bond donors (Lipinski definition) is 1. The van der Waals surface area contributed by atoms with Gasteiger partial charge in [0.15, 0.2) is 0 Å². The molecule has 1 aliphatic heterocycles. The molecule has 0 saturated heterocycles. The Morgan fingerprint density at radius 1 is 1.14 bits per heavy atom. The molecule has 1 aliphatic rings. The molecule has 28 heavy (non-hydrogen) atoms. The van der Waals surface area contributed by atoms with Crippen LogP contribution in [0.3, 0.4) is 0 Å². The van der Waals surface area contributed by atoms with Gasteiger partial charge in [0.1, 0.15) is 11.5 Å². The molecule has 0 aliphatic carbocycles. The zero-order chi connectivity index (χ0) is 20.1. The second-order valence-electron chi connectivity index (χ2n) is 8.03. The van der Waals surface area contributed by atoms with Crippen molar-refractivity contribution in [3.63, 3.8) is 0 Å². The fourth-order valence-corrected chi connectivity index (χ4v) is 2.72. The summed E-state index contributed by atoms with van der Waals surface area (Å²) in [6, 6.07) is 13.7. The van der Waals surface area contributed by atoms with Crippen molar-refractivity contribution in [2.45, 2.75) is 27.2 Å². The van der Waals surface area contributed by atoms with Gasteiger partial charge in [0.2, 0.25) is 0 Å². The summed E-state index contributed by atoms with van der Waals surface area (Å²) in [4.78, 5) is 11.7. The zero-order valence-corrected chi connectivity index (χ0v) is 16.7. The summed E-state index contributed by atoms with van der Waals surface area (Å²) < 4.78 is 17.0. The number of ether oxygens (including phenoxy) is 1. The van der Waals surface area contributed by atoms with Crippen molar-refractivity contribution in [1.82, 2.24) is 5.32 Å². The van der Waals surface area contributed by atoms with Crippen LogP contribution in [0.5, 0.6) is 11.5 Å². The van der Waals surface area contributed by atoms with Gasteiger partial charge in [-0.3, -0.25) is 0 Å². The van der Waals surface area contributed by atoms with Gasteiger partial charge < -0.3 is 19.4 Å². The minimum atomic E-state index is -0.449. The quantitative estimate of drug-likeness (QED) is 0.776. The van der Waals surface area contributed by atoms with Crippen molar-refractivity contribution in [2.24, 2.45) is 5.41 Å². The van der Waals surface area contributed by atoms with Crippen LogP contribution < -0.4 is 20.1 Å². The van der Waals surface area contributed by atoms with Gasteiger partial charge in [-0.15, -0.1) is 0 Å². The lowest BCUT2D eigenvalue weighted by atomic mass is 9.79. The molecule has 0 saturated carbocycles. The highest BCUT2D eigenvalue weighted by Crippen LogP contribution is 2.34. The van der Waals surface area contributed by atoms with Crippen molar-refractivity contribution >= 4 is 24.8 Å². The topological polar surface area (TPSA) is 56.8 Å². The maximum Gasteiger partial charge on any atom is 0.632 e. The Morgan fingerprint density at radius 2 is 1.86 bits per heavy atom. The summed E-state index contributed by atoms with van der Waals surface area (Å²) in [6.45, 7) is 10.7. The molecule has 1 amide bonds. The first-order valence-electron chi connectivity index (χ1n) is 9.43. The Hall–Kier alpha value is -2.89. The molecule has 0 bridgehead atoms. The lowest BCUT2D eigenvalue weighted by Gasteiger charge is -2.17. The predicted molar refractivity (Wildman–Crippen MR) is 112 cm³/mol. The van der Waals surface area contributed by atoms with Crippen LogP contribution in [0.2, 0.25) is 0 Å². The van der Waals surface area contributed by atoms with Crippen LogP contribution in [0, 0.1) is 5.41 Å². The predicted octanol–water partition coefficient (Wildman–Crippen LogP) is 3.81. The number of carbonyl (C=O) groups is 1. The Balaban J connectivity index is 1.51. The van der Waals surface area contributed by atoms with E-state index < -0.39 is 13.2 Å². The molecule has 2 aromatic carbocycles. The van der Waals surface area contributed by atoms with Gasteiger partial charge in [-0.1, -0.05) is 63.8 Å². The number of rotatable bonds is 6. The number of benzene rings is 2. The van der Waals surface area contributed by atoms with Crippen molar-refractivity contribution in [3.8, 4) is 11.5 Å². The molecule has 0 atom stereocenters. The molecule has 2 aromatic rings. The van der Waals surface area contributed by atoms with Gasteiger partial charge in [-0.25, -0.2) is 4.79 Å². The summed E-state index contributed by atoms with van der Waals surface area (Å²) in [6.07, 6.45) is 2.09. The normalized spacial score (nSPS) is 12.6. The van der Waals surface area contributed by atoms with E-state index in [0.717, 1.165) is 22.3 Å². The number of nitrogens with one attached hydrogen (secondary N) is 1. The monoisotopic (exact) mass is 379 g/mol. The SMILES string of the molecule is C=Cc1ccc(B2Oc3ccc(CCNC(=O)OCC(C)(C)C)cc3O2)cc1. The average molecular weight is 379 g/mol. The van der Waals surface area contributed by atoms with Crippen LogP contribution in [0.1, 0.15) is 31.9 Å². The number of amides is 1. The number of alkyl carbamates (subject to hydrolysis) is 1. The van der Waals surface area contributed by atoms with Crippen LogP contribution in [-0.2, 0) is 11.2 Å². The van der Waals surface area contributed by atoms with Crippen LogP contribution >= 0.6 is 0 Å². The van der Waals surface area contributed by atoms with Crippen LogP contribution in [0.4, 0.5) is 4.79 Å². The Morgan fingerprint density at radius 3 is 2.54 bits per heavy atom. The van der Waals surface area contributed by atoms with E-state index in [0.29, 0.717) is 25.3 Å². The molecule has 0 unspecified atom stereocenters. The molecule has 3 rings (SSSR count). The van der Waals surface area contributed by atoms with Crippen LogP contribution in [-0.4, -0.2) is 26.4 Å². The molecule has 1 heterocycles. The zero-order valence-electron chi connectivity index (χ0n) is 16.7. The lowest BCUT2D eigenvalue weighted by Crippen LogP contribution is -2.38. The van der Waals surface area contributed by atoms with E-state index in [-0.39, 0.29) is 5.41 Å². The third-order valence-corrected chi connectivity index (χ3v) is 4.24. The van der Waals surface area contributed by atoms with E-state index in [1.54, 1.807) is 6.08 Å². The number of carbonyl (C=O) groups excluding carboxylic acids is 1. The molecular formula is C22H26BNO4. The highest BCUT2D eigenvalue weighted by atomic mass is 16.6. The Bertz CT molecular complexity index is 843. The highest BCUT2D eigenvalue weighted by Gasteiger charge is 2.33. The van der Waals surface area contributed by atoms with Crippen molar-refractivity contribution in [2.75, 3.05) is 13.2 Å². The molecule has 5 nitrogen and oxygen atoms in total. The van der Waals surface area contributed by atoms with Crippen LogP contribution in [0.25, 0.3) is 6.08 Å². The summed E-state index contributed by atoms with van der Waals surface area (Å²) in [5, 5.41) is 2.78. The first kappa shape index (κ1) is 19.9. The maximum absolute atomic E-state index is 11.7. The third-order valence-electron chi connectivity index (χ3n) is 4.24.